The van der Waals surface area contributed by atoms with Crippen LogP contribution in [-0.2, 0) is 4.79 Å². The average molecular weight is 290 g/mol. The van der Waals surface area contributed by atoms with E-state index in [1.54, 1.807) is 12.1 Å². The smallest absolute Gasteiger partial charge is 0.230 e. The zero-order valence-electron chi connectivity index (χ0n) is 13.0. The first-order valence-corrected chi connectivity index (χ1v) is 7.84. The van der Waals surface area contributed by atoms with E-state index in [-0.39, 0.29) is 23.1 Å². The number of nitrogens with zero attached hydrogens (tertiary/aromatic N) is 1. The van der Waals surface area contributed by atoms with Gasteiger partial charge in [0.2, 0.25) is 5.91 Å². The summed E-state index contributed by atoms with van der Waals surface area (Å²) >= 11 is 0. The molecule has 0 spiro atoms. The van der Waals surface area contributed by atoms with Gasteiger partial charge in [-0.05, 0) is 44.4 Å². The van der Waals surface area contributed by atoms with Gasteiger partial charge < -0.3 is 15.7 Å². The van der Waals surface area contributed by atoms with Crippen molar-refractivity contribution in [1.29, 1.82) is 0 Å². The van der Waals surface area contributed by atoms with E-state index in [0.29, 0.717) is 13.1 Å². The standard InChI is InChI=1S/C17H26N2O2/c1-3-19(13(2)14-7-6-8-15(20)11-14)16(21)17(12-18)9-4-5-10-17/h6-8,11,13,20H,3-5,9-10,12,18H2,1-2H3. The van der Waals surface area contributed by atoms with Gasteiger partial charge in [0.25, 0.3) is 0 Å². The number of phenols is 1. The van der Waals surface area contributed by atoms with Gasteiger partial charge in [0.1, 0.15) is 5.75 Å². The first-order chi connectivity index (χ1) is 10.0. The Balaban J connectivity index is 2.24. The van der Waals surface area contributed by atoms with Crippen LogP contribution in [0.2, 0.25) is 0 Å². The lowest BCUT2D eigenvalue weighted by Gasteiger charge is -2.36. The number of rotatable bonds is 5. The van der Waals surface area contributed by atoms with E-state index >= 15 is 0 Å². The molecule has 4 nitrogen and oxygen atoms in total. The molecule has 1 fully saturated rings. The molecule has 116 valence electrons. The number of carbonyl (C=O) groups is 1. The van der Waals surface area contributed by atoms with Crippen LogP contribution in [0.3, 0.4) is 0 Å². The highest BCUT2D eigenvalue weighted by atomic mass is 16.3. The molecule has 1 unspecified atom stereocenters. The predicted octanol–water partition coefficient (Wildman–Crippen LogP) is 2.82. The van der Waals surface area contributed by atoms with Gasteiger partial charge in [-0.25, -0.2) is 0 Å². The van der Waals surface area contributed by atoms with E-state index in [0.717, 1.165) is 31.2 Å². The molecule has 0 aliphatic heterocycles. The van der Waals surface area contributed by atoms with Crippen LogP contribution in [0.25, 0.3) is 0 Å². The van der Waals surface area contributed by atoms with Crippen LogP contribution in [0.4, 0.5) is 0 Å². The molecule has 2 rings (SSSR count). The number of aromatic hydroxyl groups is 1. The summed E-state index contributed by atoms with van der Waals surface area (Å²) in [6.45, 7) is 5.08. The molecule has 0 bridgehead atoms. The fraction of sp³-hybridized carbons (Fsp3) is 0.588. The molecule has 1 aliphatic carbocycles. The molecule has 1 aliphatic rings. The SMILES string of the molecule is CCN(C(=O)C1(CN)CCCC1)C(C)c1cccc(O)c1. The second kappa shape index (κ2) is 6.48. The van der Waals surface area contributed by atoms with Gasteiger partial charge in [-0.1, -0.05) is 25.0 Å². The third-order valence-electron chi connectivity index (χ3n) is 4.83. The molecule has 0 saturated heterocycles. The van der Waals surface area contributed by atoms with Gasteiger partial charge in [0.15, 0.2) is 0 Å². The lowest BCUT2D eigenvalue weighted by atomic mass is 9.84. The molecule has 0 heterocycles. The van der Waals surface area contributed by atoms with Crippen LogP contribution in [0.1, 0.15) is 51.1 Å². The Kier molecular flexibility index (Phi) is 4.88. The van der Waals surface area contributed by atoms with Gasteiger partial charge in [0, 0.05) is 13.1 Å². The van der Waals surface area contributed by atoms with Crippen LogP contribution in [-0.4, -0.2) is 29.0 Å². The highest BCUT2D eigenvalue weighted by Gasteiger charge is 2.43. The molecule has 21 heavy (non-hydrogen) atoms. The summed E-state index contributed by atoms with van der Waals surface area (Å²) in [6.07, 6.45) is 3.96. The quantitative estimate of drug-likeness (QED) is 0.876. The van der Waals surface area contributed by atoms with Crippen molar-refractivity contribution in [2.24, 2.45) is 11.1 Å². The maximum Gasteiger partial charge on any atom is 0.230 e. The molecule has 1 amide bonds. The molecule has 0 radical (unpaired) electrons. The molecule has 3 N–H and O–H groups in total. The summed E-state index contributed by atoms with van der Waals surface area (Å²) in [5, 5.41) is 9.64. The minimum atomic E-state index is -0.374. The van der Waals surface area contributed by atoms with Crippen LogP contribution < -0.4 is 5.73 Å². The van der Waals surface area contributed by atoms with Gasteiger partial charge in [-0.2, -0.15) is 0 Å². The highest BCUT2D eigenvalue weighted by molar-refractivity contribution is 5.83. The van der Waals surface area contributed by atoms with Crippen molar-refractivity contribution in [2.45, 2.75) is 45.6 Å². The Morgan fingerprint density at radius 2 is 2.10 bits per heavy atom. The van der Waals surface area contributed by atoms with Crippen molar-refractivity contribution in [2.75, 3.05) is 13.1 Å². The van der Waals surface area contributed by atoms with E-state index in [4.69, 9.17) is 5.73 Å². The number of benzene rings is 1. The first-order valence-electron chi connectivity index (χ1n) is 7.84. The zero-order valence-corrected chi connectivity index (χ0v) is 13.0. The van der Waals surface area contributed by atoms with Crippen LogP contribution in [0, 0.1) is 5.41 Å². The number of phenolic OH excluding ortho intramolecular Hbond substituents is 1. The largest absolute Gasteiger partial charge is 0.508 e. The molecule has 1 saturated carbocycles. The topological polar surface area (TPSA) is 66.6 Å². The average Bonchev–Trinajstić information content (AvgIpc) is 2.98. The second-order valence-corrected chi connectivity index (χ2v) is 6.05. The molecule has 1 atom stereocenters. The lowest BCUT2D eigenvalue weighted by molar-refractivity contribution is -0.143. The van der Waals surface area contributed by atoms with Crippen LogP contribution in [0.15, 0.2) is 24.3 Å². The van der Waals surface area contributed by atoms with Crippen molar-refractivity contribution in [3.05, 3.63) is 29.8 Å². The number of hydrogen-bond acceptors (Lipinski definition) is 3. The zero-order chi connectivity index (χ0) is 15.5. The Hall–Kier alpha value is -1.55. The maximum atomic E-state index is 13.0. The fourth-order valence-corrected chi connectivity index (χ4v) is 3.42. The van der Waals surface area contributed by atoms with E-state index < -0.39 is 0 Å². The number of nitrogens with two attached hydrogens (primary N) is 1. The Labute approximate surface area is 126 Å². The molecular formula is C17H26N2O2. The summed E-state index contributed by atoms with van der Waals surface area (Å²) in [4.78, 5) is 14.9. The normalized spacial score (nSPS) is 18.4. The molecule has 1 aromatic carbocycles. The molecule has 0 aromatic heterocycles. The van der Waals surface area contributed by atoms with Gasteiger partial charge in [0.05, 0.1) is 11.5 Å². The van der Waals surface area contributed by atoms with Gasteiger partial charge in [-0.15, -0.1) is 0 Å². The first kappa shape index (κ1) is 15.8. The van der Waals surface area contributed by atoms with Crippen LogP contribution in [0.5, 0.6) is 5.75 Å². The summed E-state index contributed by atoms with van der Waals surface area (Å²) in [7, 11) is 0. The lowest BCUT2D eigenvalue weighted by Crippen LogP contribution is -2.47. The third kappa shape index (κ3) is 3.05. The number of amides is 1. The minimum Gasteiger partial charge on any atom is -0.508 e. The van der Waals surface area contributed by atoms with Crippen molar-refractivity contribution in [1.82, 2.24) is 4.90 Å². The van der Waals surface area contributed by atoms with Gasteiger partial charge >= 0.3 is 0 Å². The summed E-state index contributed by atoms with van der Waals surface area (Å²) in [5.41, 5.74) is 6.52. The highest BCUT2D eigenvalue weighted by Crippen LogP contribution is 2.40. The molecular weight excluding hydrogens is 264 g/mol. The maximum absolute atomic E-state index is 13.0. The van der Waals surface area contributed by atoms with E-state index in [2.05, 4.69) is 0 Å². The second-order valence-electron chi connectivity index (χ2n) is 6.05. The van der Waals surface area contributed by atoms with Crippen LogP contribution >= 0.6 is 0 Å². The number of hydrogen-bond donors (Lipinski definition) is 2. The fourth-order valence-electron chi connectivity index (χ4n) is 3.42. The summed E-state index contributed by atoms with van der Waals surface area (Å²) in [5.74, 6) is 0.401. The Morgan fingerprint density at radius 1 is 1.43 bits per heavy atom. The Bertz CT molecular complexity index is 495. The Morgan fingerprint density at radius 3 is 2.62 bits per heavy atom. The van der Waals surface area contributed by atoms with Crippen molar-refractivity contribution in [3.8, 4) is 5.75 Å². The summed E-state index contributed by atoms with van der Waals surface area (Å²) < 4.78 is 0. The van der Waals surface area contributed by atoms with Crippen molar-refractivity contribution < 1.29 is 9.90 Å². The monoisotopic (exact) mass is 290 g/mol. The molecule has 4 heteroatoms. The van der Waals surface area contributed by atoms with E-state index in [1.807, 2.05) is 30.9 Å². The third-order valence-corrected chi connectivity index (χ3v) is 4.83. The van der Waals surface area contributed by atoms with E-state index in [1.165, 1.54) is 0 Å². The van der Waals surface area contributed by atoms with E-state index in [9.17, 15) is 9.90 Å². The predicted molar refractivity (Wildman–Crippen MR) is 83.9 cm³/mol. The number of carbonyl (C=O) groups excluding carboxylic acids is 1. The van der Waals surface area contributed by atoms with Crippen molar-refractivity contribution >= 4 is 5.91 Å². The van der Waals surface area contributed by atoms with Crippen molar-refractivity contribution in [3.63, 3.8) is 0 Å². The summed E-state index contributed by atoms with van der Waals surface area (Å²) in [6, 6.07) is 7.08. The minimum absolute atomic E-state index is 0.0568. The molecule has 1 aromatic rings. The van der Waals surface area contributed by atoms with Gasteiger partial charge in [-0.3, -0.25) is 4.79 Å².